The highest BCUT2D eigenvalue weighted by Crippen LogP contribution is 2.14. The van der Waals surface area contributed by atoms with Gasteiger partial charge in [0.05, 0.1) is 6.10 Å². The topological polar surface area (TPSA) is 43.7 Å². The summed E-state index contributed by atoms with van der Waals surface area (Å²) >= 11 is 0. The molecule has 3 heteroatoms. The van der Waals surface area contributed by atoms with E-state index in [0.717, 1.165) is 44.5 Å². The first-order valence-corrected chi connectivity index (χ1v) is 6.87. The standard InChI is InChI=1S/C16H21NO2/c18-12-2-3-14-5-7-15(8-6-14)13-17-10-1-4-16(19)9-11-17/h5-8,16,18-19H,1,4,9-13H2/t16-/m1/s1. The molecule has 0 amide bonds. The smallest absolute Gasteiger partial charge is 0.104 e. The molecule has 19 heavy (non-hydrogen) atoms. The molecule has 1 fully saturated rings. The van der Waals surface area contributed by atoms with Gasteiger partial charge in [0.1, 0.15) is 6.61 Å². The first-order valence-electron chi connectivity index (χ1n) is 6.87. The number of rotatable bonds is 2. The normalized spacial score (nSPS) is 20.4. The van der Waals surface area contributed by atoms with Crippen LogP contribution in [0.3, 0.4) is 0 Å². The van der Waals surface area contributed by atoms with Crippen LogP contribution in [0.4, 0.5) is 0 Å². The van der Waals surface area contributed by atoms with Gasteiger partial charge in [-0.2, -0.15) is 0 Å². The van der Waals surface area contributed by atoms with E-state index in [-0.39, 0.29) is 12.7 Å². The number of hydrogen-bond acceptors (Lipinski definition) is 3. The van der Waals surface area contributed by atoms with Crippen molar-refractivity contribution in [2.45, 2.75) is 31.9 Å². The number of likely N-dealkylation sites (tertiary alicyclic amines) is 1. The van der Waals surface area contributed by atoms with Crippen molar-refractivity contribution >= 4 is 0 Å². The third-order valence-corrected chi connectivity index (χ3v) is 3.46. The SMILES string of the molecule is OCC#Cc1ccc(CN2CCC[C@@H](O)CC2)cc1. The molecule has 0 saturated carbocycles. The molecule has 1 heterocycles. The maximum absolute atomic E-state index is 9.63. The first-order chi connectivity index (χ1) is 9.28. The van der Waals surface area contributed by atoms with Crippen molar-refractivity contribution in [2.24, 2.45) is 0 Å². The lowest BCUT2D eigenvalue weighted by atomic mass is 10.1. The fraction of sp³-hybridized carbons (Fsp3) is 0.500. The van der Waals surface area contributed by atoms with Gasteiger partial charge in [0.15, 0.2) is 0 Å². The molecule has 1 aromatic rings. The molecule has 1 aliphatic heterocycles. The molecular formula is C16H21NO2. The Labute approximate surface area is 114 Å². The zero-order valence-corrected chi connectivity index (χ0v) is 11.2. The fourth-order valence-corrected chi connectivity index (χ4v) is 2.39. The lowest BCUT2D eigenvalue weighted by Crippen LogP contribution is -2.24. The maximum Gasteiger partial charge on any atom is 0.104 e. The van der Waals surface area contributed by atoms with E-state index < -0.39 is 0 Å². The summed E-state index contributed by atoms with van der Waals surface area (Å²) in [5, 5.41) is 18.3. The van der Waals surface area contributed by atoms with E-state index in [2.05, 4.69) is 28.9 Å². The Morgan fingerprint density at radius 3 is 2.68 bits per heavy atom. The second-order valence-electron chi connectivity index (χ2n) is 5.02. The van der Waals surface area contributed by atoms with Crippen LogP contribution in [-0.2, 0) is 6.54 Å². The molecule has 2 rings (SSSR count). The second kappa shape index (κ2) is 7.30. The van der Waals surface area contributed by atoms with E-state index >= 15 is 0 Å². The Morgan fingerprint density at radius 2 is 1.95 bits per heavy atom. The van der Waals surface area contributed by atoms with Gasteiger partial charge in [0.2, 0.25) is 0 Å². The lowest BCUT2D eigenvalue weighted by Gasteiger charge is -2.19. The average molecular weight is 259 g/mol. The minimum absolute atomic E-state index is 0.0993. The van der Waals surface area contributed by atoms with Crippen molar-refractivity contribution in [3.63, 3.8) is 0 Å². The van der Waals surface area contributed by atoms with Gasteiger partial charge in [0, 0.05) is 18.7 Å². The van der Waals surface area contributed by atoms with Crippen molar-refractivity contribution in [3.8, 4) is 11.8 Å². The number of aliphatic hydroxyl groups is 2. The summed E-state index contributed by atoms with van der Waals surface area (Å²) in [5.41, 5.74) is 2.20. The minimum Gasteiger partial charge on any atom is -0.393 e. The minimum atomic E-state index is -0.124. The van der Waals surface area contributed by atoms with Gasteiger partial charge in [-0.15, -0.1) is 0 Å². The largest absolute Gasteiger partial charge is 0.393 e. The Hall–Kier alpha value is -1.34. The number of nitrogens with zero attached hydrogens (tertiary/aromatic N) is 1. The molecule has 1 atom stereocenters. The summed E-state index contributed by atoms with van der Waals surface area (Å²) < 4.78 is 0. The van der Waals surface area contributed by atoms with Crippen LogP contribution >= 0.6 is 0 Å². The Morgan fingerprint density at radius 1 is 1.16 bits per heavy atom. The van der Waals surface area contributed by atoms with Gasteiger partial charge in [0.25, 0.3) is 0 Å². The summed E-state index contributed by atoms with van der Waals surface area (Å²) in [6.45, 7) is 2.86. The van der Waals surface area contributed by atoms with E-state index in [9.17, 15) is 5.11 Å². The average Bonchev–Trinajstić information content (AvgIpc) is 2.63. The highest BCUT2D eigenvalue weighted by molar-refractivity contribution is 5.36. The van der Waals surface area contributed by atoms with E-state index in [1.807, 2.05) is 12.1 Å². The predicted octanol–water partition coefficient (Wildman–Crippen LogP) is 1.38. The van der Waals surface area contributed by atoms with Crippen LogP contribution in [0.1, 0.15) is 30.4 Å². The van der Waals surface area contributed by atoms with Gasteiger partial charge in [-0.05, 0) is 43.5 Å². The lowest BCUT2D eigenvalue weighted by molar-refractivity contribution is 0.154. The molecular weight excluding hydrogens is 238 g/mol. The van der Waals surface area contributed by atoms with Crippen molar-refractivity contribution < 1.29 is 10.2 Å². The van der Waals surface area contributed by atoms with Crippen LogP contribution in [0.25, 0.3) is 0 Å². The van der Waals surface area contributed by atoms with Crippen molar-refractivity contribution in [2.75, 3.05) is 19.7 Å². The van der Waals surface area contributed by atoms with Gasteiger partial charge in [-0.3, -0.25) is 4.90 Å². The zero-order valence-electron chi connectivity index (χ0n) is 11.2. The Kier molecular flexibility index (Phi) is 5.41. The number of hydrogen-bond donors (Lipinski definition) is 2. The molecule has 2 N–H and O–H groups in total. The molecule has 1 saturated heterocycles. The van der Waals surface area contributed by atoms with E-state index in [0.29, 0.717) is 0 Å². The van der Waals surface area contributed by atoms with Crippen molar-refractivity contribution in [3.05, 3.63) is 35.4 Å². The number of aliphatic hydroxyl groups excluding tert-OH is 2. The first kappa shape index (κ1) is 14.1. The summed E-state index contributed by atoms with van der Waals surface area (Å²) in [6.07, 6.45) is 2.74. The van der Waals surface area contributed by atoms with Crippen molar-refractivity contribution in [1.29, 1.82) is 0 Å². The van der Waals surface area contributed by atoms with E-state index in [1.54, 1.807) is 0 Å². The Balaban J connectivity index is 1.91. The quantitative estimate of drug-likeness (QED) is 0.789. The van der Waals surface area contributed by atoms with Gasteiger partial charge >= 0.3 is 0 Å². The summed E-state index contributed by atoms with van der Waals surface area (Å²) in [4.78, 5) is 2.39. The van der Waals surface area contributed by atoms with Crippen LogP contribution in [0.15, 0.2) is 24.3 Å². The van der Waals surface area contributed by atoms with Crippen LogP contribution in [0, 0.1) is 11.8 Å². The summed E-state index contributed by atoms with van der Waals surface area (Å²) in [6, 6.07) is 8.15. The van der Waals surface area contributed by atoms with Crippen LogP contribution in [0.5, 0.6) is 0 Å². The third kappa shape index (κ3) is 4.68. The summed E-state index contributed by atoms with van der Waals surface area (Å²) in [7, 11) is 0. The molecule has 1 aromatic carbocycles. The Bertz CT molecular complexity index is 444. The molecule has 0 unspecified atom stereocenters. The monoisotopic (exact) mass is 259 g/mol. The van der Waals surface area contributed by atoms with E-state index in [4.69, 9.17) is 5.11 Å². The molecule has 1 aliphatic rings. The number of benzene rings is 1. The fourth-order valence-electron chi connectivity index (χ4n) is 2.39. The summed E-state index contributed by atoms with van der Waals surface area (Å²) in [5.74, 6) is 5.54. The molecule has 0 spiro atoms. The van der Waals surface area contributed by atoms with Crippen molar-refractivity contribution in [1.82, 2.24) is 4.90 Å². The third-order valence-electron chi connectivity index (χ3n) is 3.46. The van der Waals surface area contributed by atoms with Gasteiger partial charge < -0.3 is 10.2 Å². The maximum atomic E-state index is 9.63. The molecule has 0 aliphatic carbocycles. The molecule has 0 aromatic heterocycles. The molecule has 3 nitrogen and oxygen atoms in total. The zero-order chi connectivity index (χ0) is 13.5. The molecule has 0 bridgehead atoms. The van der Waals surface area contributed by atoms with Gasteiger partial charge in [-0.25, -0.2) is 0 Å². The van der Waals surface area contributed by atoms with Crippen LogP contribution in [0.2, 0.25) is 0 Å². The predicted molar refractivity (Wildman–Crippen MR) is 75.5 cm³/mol. The molecule has 0 radical (unpaired) electrons. The van der Waals surface area contributed by atoms with Crippen LogP contribution in [-0.4, -0.2) is 40.9 Å². The van der Waals surface area contributed by atoms with Gasteiger partial charge in [-0.1, -0.05) is 24.0 Å². The highest BCUT2D eigenvalue weighted by atomic mass is 16.3. The highest BCUT2D eigenvalue weighted by Gasteiger charge is 2.14. The van der Waals surface area contributed by atoms with E-state index in [1.165, 1.54) is 5.56 Å². The molecule has 102 valence electrons. The second-order valence-corrected chi connectivity index (χ2v) is 5.02. The van der Waals surface area contributed by atoms with Crippen LogP contribution < -0.4 is 0 Å².